The zero-order chi connectivity index (χ0) is 18.5. The number of rotatable bonds is 5. The molecule has 26 heavy (non-hydrogen) atoms. The van der Waals surface area contributed by atoms with E-state index in [1.54, 1.807) is 48.9 Å². The molecular weight excluding hydrogens is 354 g/mol. The lowest BCUT2D eigenvalue weighted by Gasteiger charge is -2.10. The highest BCUT2D eigenvalue weighted by molar-refractivity contribution is 7.12. The van der Waals surface area contributed by atoms with Gasteiger partial charge in [-0.05, 0) is 29.0 Å². The first-order valence-corrected chi connectivity index (χ1v) is 8.58. The van der Waals surface area contributed by atoms with E-state index in [1.165, 1.54) is 11.3 Å². The van der Waals surface area contributed by atoms with Crippen molar-refractivity contribution in [2.24, 2.45) is 0 Å². The molecule has 3 rings (SSSR count). The first-order chi connectivity index (χ1) is 12.6. The van der Waals surface area contributed by atoms with Gasteiger partial charge in [-0.1, -0.05) is 30.3 Å². The fourth-order valence-corrected chi connectivity index (χ4v) is 3.09. The standard InChI is InChI=1S/C19H15NO5S/c1-24-15-9-8-14(12-5-2-3-6-13(12)15)19(23)25-11-17(21)20-18(22)16-7-4-10-26-16/h2-10H,11H2,1H3,(H,20,21,22). The van der Waals surface area contributed by atoms with Crippen LogP contribution in [0, 0.1) is 0 Å². The molecule has 132 valence electrons. The van der Waals surface area contributed by atoms with E-state index < -0.39 is 24.4 Å². The summed E-state index contributed by atoms with van der Waals surface area (Å²) in [7, 11) is 1.55. The third-order valence-electron chi connectivity index (χ3n) is 3.66. The summed E-state index contributed by atoms with van der Waals surface area (Å²) in [6.07, 6.45) is 0. The number of methoxy groups -OCH3 is 1. The Morgan fingerprint density at radius 2 is 1.77 bits per heavy atom. The normalized spacial score (nSPS) is 10.3. The lowest BCUT2D eigenvalue weighted by Crippen LogP contribution is -2.33. The molecule has 0 unspecified atom stereocenters. The molecule has 0 atom stereocenters. The second kappa shape index (κ2) is 7.79. The lowest BCUT2D eigenvalue weighted by molar-refractivity contribution is -0.123. The molecule has 2 amide bonds. The average molecular weight is 369 g/mol. The van der Waals surface area contributed by atoms with Crippen LogP contribution in [0.25, 0.3) is 10.8 Å². The zero-order valence-electron chi connectivity index (χ0n) is 13.9. The number of ether oxygens (including phenoxy) is 2. The molecule has 0 spiro atoms. The summed E-state index contributed by atoms with van der Waals surface area (Å²) < 4.78 is 10.3. The van der Waals surface area contributed by atoms with Crippen LogP contribution in [-0.4, -0.2) is 31.5 Å². The maximum atomic E-state index is 12.4. The topological polar surface area (TPSA) is 81.7 Å². The second-order valence-corrected chi connectivity index (χ2v) is 6.24. The van der Waals surface area contributed by atoms with E-state index in [1.807, 2.05) is 12.1 Å². The molecule has 0 aliphatic heterocycles. The van der Waals surface area contributed by atoms with Gasteiger partial charge in [-0.25, -0.2) is 4.79 Å². The van der Waals surface area contributed by atoms with Gasteiger partial charge in [-0.15, -0.1) is 11.3 Å². The Morgan fingerprint density at radius 3 is 2.46 bits per heavy atom. The Balaban J connectivity index is 1.68. The zero-order valence-corrected chi connectivity index (χ0v) is 14.7. The van der Waals surface area contributed by atoms with Gasteiger partial charge in [0.2, 0.25) is 0 Å². The van der Waals surface area contributed by atoms with Crippen molar-refractivity contribution in [1.29, 1.82) is 0 Å². The summed E-state index contributed by atoms with van der Waals surface area (Å²) in [6.45, 7) is -0.545. The lowest BCUT2D eigenvalue weighted by atomic mass is 10.0. The fourth-order valence-electron chi connectivity index (χ4n) is 2.47. The van der Waals surface area contributed by atoms with Gasteiger partial charge >= 0.3 is 5.97 Å². The van der Waals surface area contributed by atoms with Crippen LogP contribution in [0.4, 0.5) is 0 Å². The van der Waals surface area contributed by atoms with Gasteiger partial charge < -0.3 is 9.47 Å². The molecule has 1 aromatic heterocycles. The number of nitrogens with one attached hydrogen (secondary N) is 1. The van der Waals surface area contributed by atoms with Gasteiger partial charge in [0.1, 0.15) is 5.75 Å². The number of imide groups is 1. The van der Waals surface area contributed by atoms with Crippen LogP contribution in [-0.2, 0) is 9.53 Å². The first kappa shape index (κ1) is 17.6. The minimum Gasteiger partial charge on any atom is -0.496 e. The number of carbonyl (C=O) groups is 3. The third kappa shape index (κ3) is 3.73. The second-order valence-electron chi connectivity index (χ2n) is 5.29. The summed E-state index contributed by atoms with van der Waals surface area (Å²) in [4.78, 5) is 36.4. The molecule has 0 saturated carbocycles. The summed E-state index contributed by atoms with van der Waals surface area (Å²) in [5.74, 6) is -1.22. The molecule has 0 aliphatic carbocycles. The molecule has 0 radical (unpaired) electrons. The minimum absolute atomic E-state index is 0.318. The fraction of sp³-hybridized carbons (Fsp3) is 0.105. The highest BCUT2D eigenvalue weighted by atomic mass is 32.1. The van der Waals surface area contributed by atoms with Gasteiger partial charge in [-0.3, -0.25) is 14.9 Å². The quantitative estimate of drug-likeness (QED) is 0.699. The summed E-state index contributed by atoms with van der Waals surface area (Å²) >= 11 is 1.22. The van der Waals surface area contributed by atoms with Crippen molar-refractivity contribution < 1.29 is 23.9 Å². The van der Waals surface area contributed by atoms with Gasteiger partial charge in [0.25, 0.3) is 11.8 Å². The predicted octanol–water partition coefficient (Wildman–Crippen LogP) is 3.02. The van der Waals surface area contributed by atoms with Gasteiger partial charge in [0.05, 0.1) is 17.6 Å². The Labute approximate surface area is 153 Å². The van der Waals surface area contributed by atoms with Crippen molar-refractivity contribution in [2.45, 2.75) is 0 Å². The number of amides is 2. The molecule has 7 heteroatoms. The molecule has 0 aliphatic rings. The van der Waals surface area contributed by atoms with Crippen LogP contribution in [0.1, 0.15) is 20.0 Å². The molecule has 1 heterocycles. The van der Waals surface area contributed by atoms with E-state index in [0.29, 0.717) is 21.6 Å². The summed E-state index contributed by atoms with van der Waals surface area (Å²) in [6, 6.07) is 13.8. The minimum atomic E-state index is -0.686. The number of benzene rings is 2. The van der Waals surface area contributed by atoms with E-state index in [-0.39, 0.29) is 0 Å². The third-order valence-corrected chi connectivity index (χ3v) is 4.52. The van der Waals surface area contributed by atoms with Crippen LogP contribution < -0.4 is 10.1 Å². The number of hydrogen-bond acceptors (Lipinski definition) is 6. The number of thiophene rings is 1. The predicted molar refractivity (Wildman–Crippen MR) is 97.6 cm³/mol. The van der Waals surface area contributed by atoms with E-state index >= 15 is 0 Å². The van der Waals surface area contributed by atoms with Crippen molar-refractivity contribution in [3.8, 4) is 5.75 Å². The van der Waals surface area contributed by atoms with Crippen molar-refractivity contribution in [2.75, 3.05) is 13.7 Å². The smallest absolute Gasteiger partial charge is 0.339 e. The number of fused-ring (bicyclic) bond motifs is 1. The van der Waals surface area contributed by atoms with Crippen LogP contribution in [0.5, 0.6) is 5.75 Å². The number of esters is 1. The summed E-state index contributed by atoms with van der Waals surface area (Å²) in [5.41, 5.74) is 0.318. The van der Waals surface area contributed by atoms with E-state index in [0.717, 1.165) is 5.39 Å². The van der Waals surface area contributed by atoms with Crippen LogP contribution in [0.15, 0.2) is 53.9 Å². The molecule has 0 saturated heterocycles. The summed E-state index contributed by atoms with van der Waals surface area (Å²) in [5, 5.41) is 5.33. The first-order valence-electron chi connectivity index (χ1n) is 7.70. The molecular formula is C19H15NO5S. The van der Waals surface area contributed by atoms with Crippen LogP contribution in [0.2, 0.25) is 0 Å². The highest BCUT2D eigenvalue weighted by Gasteiger charge is 2.17. The molecule has 2 aromatic carbocycles. The molecule has 0 fully saturated rings. The Hall–Kier alpha value is -3.19. The van der Waals surface area contributed by atoms with Crippen molar-refractivity contribution in [1.82, 2.24) is 5.32 Å². The maximum absolute atomic E-state index is 12.4. The van der Waals surface area contributed by atoms with Gasteiger partial charge in [0.15, 0.2) is 6.61 Å². The van der Waals surface area contributed by atoms with Crippen LogP contribution in [0.3, 0.4) is 0 Å². The highest BCUT2D eigenvalue weighted by Crippen LogP contribution is 2.28. The van der Waals surface area contributed by atoms with E-state index in [9.17, 15) is 14.4 Å². The van der Waals surface area contributed by atoms with Gasteiger partial charge in [-0.2, -0.15) is 0 Å². The number of carbonyl (C=O) groups excluding carboxylic acids is 3. The molecule has 0 bridgehead atoms. The Kier molecular flexibility index (Phi) is 5.28. The Morgan fingerprint density at radius 1 is 1.00 bits per heavy atom. The van der Waals surface area contributed by atoms with Crippen LogP contribution >= 0.6 is 11.3 Å². The molecule has 1 N–H and O–H groups in total. The maximum Gasteiger partial charge on any atom is 0.339 e. The SMILES string of the molecule is COc1ccc(C(=O)OCC(=O)NC(=O)c2cccs2)c2ccccc12. The van der Waals surface area contributed by atoms with Crippen molar-refractivity contribution >= 4 is 39.9 Å². The molecule has 3 aromatic rings. The molecule has 6 nitrogen and oxygen atoms in total. The van der Waals surface area contributed by atoms with Crippen molar-refractivity contribution in [3.05, 3.63) is 64.4 Å². The average Bonchev–Trinajstić information content (AvgIpc) is 3.20. The van der Waals surface area contributed by atoms with Gasteiger partial charge in [0, 0.05) is 5.39 Å². The van der Waals surface area contributed by atoms with E-state index in [4.69, 9.17) is 9.47 Å². The monoisotopic (exact) mass is 369 g/mol. The van der Waals surface area contributed by atoms with E-state index in [2.05, 4.69) is 5.32 Å². The number of hydrogen-bond donors (Lipinski definition) is 1. The largest absolute Gasteiger partial charge is 0.496 e. The van der Waals surface area contributed by atoms with Crippen molar-refractivity contribution in [3.63, 3.8) is 0 Å². The Bertz CT molecular complexity index is 965.